The summed E-state index contributed by atoms with van der Waals surface area (Å²) >= 11 is 0. The molecule has 0 saturated carbocycles. The number of ether oxygens (including phenoxy) is 2. The molecule has 0 fully saturated rings. The molecular weight excluding hydrogens is 686 g/mol. The van der Waals surface area contributed by atoms with Crippen molar-refractivity contribution in [3.05, 3.63) is 119 Å². The highest BCUT2D eigenvalue weighted by molar-refractivity contribution is 7.89. The Morgan fingerprint density at radius 2 is 1.56 bits per heavy atom. The SMILES string of the molecule is COc1ccc(CN(Cc2ccc(OC)cc2)S(=O)(=O)c2cnn(C(C)(C)CNc3cc(-c4cc(F)cc(C(C)C)c4CC(=O)O)ccn3)c2)cc1. The van der Waals surface area contributed by atoms with Gasteiger partial charge in [0.25, 0.3) is 0 Å². The van der Waals surface area contributed by atoms with Gasteiger partial charge in [0.05, 0.1) is 32.4 Å². The van der Waals surface area contributed by atoms with E-state index < -0.39 is 27.3 Å². The lowest BCUT2D eigenvalue weighted by atomic mass is 9.88. The summed E-state index contributed by atoms with van der Waals surface area (Å²) in [6, 6.07) is 20.7. The molecule has 0 aliphatic heterocycles. The number of benzene rings is 3. The number of anilines is 1. The molecule has 0 saturated heterocycles. The molecule has 0 atom stereocenters. The molecule has 5 aromatic rings. The van der Waals surface area contributed by atoms with Crippen LogP contribution >= 0.6 is 0 Å². The molecule has 0 aliphatic rings. The molecule has 0 aliphatic carbocycles. The molecule has 0 bridgehead atoms. The number of nitrogens with one attached hydrogen (secondary N) is 1. The van der Waals surface area contributed by atoms with E-state index >= 15 is 0 Å². The second-order valence-corrected chi connectivity index (χ2v) is 15.4. The minimum absolute atomic E-state index is 0.0424. The van der Waals surface area contributed by atoms with Gasteiger partial charge in [-0.3, -0.25) is 9.48 Å². The average Bonchev–Trinajstić information content (AvgIpc) is 3.64. The zero-order chi connectivity index (χ0) is 37.6. The molecule has 0 spiro atoms. The molecule has 3 aromatic carbocycles. The standard InChI is InChI=1S/C39H44FN5O6S/c1-26(2)34-18-30(40)19-35(36(34)20-38(46)47)29-15-16-41-37(17-29)42-25-39(3,4)45-24-33(21-43-45)52(48,49)44(22-27-7-11-31(50-5)12-8-27)23-28-9-13-32(51-6)14-10-28/h7-19,21,24,26H,20,22-23,25H2,1-6H3,(H,41,42)(H,46,47). The molecule has 11 nitrogen and oxygen atoms in total. The normalized spacial score (nSPS) is 11.9. The Morgan fingerprint density at radius 1 is 0.962 bits per heavy atom. The number of pyridine rings is 1. The van der Waals surface area contributed by atoms with E-state index in [4.69, 9.17) is 9.47 Å². The smallest absolute Gasteiger partial charge is 0.307 e. The summed E-state index contributed by atoms with van der Waals surface area (Å²) in [5.74, 6) is 0.288. The van der Waals surface area contributed by atoms with Crippen molar-refractivity contribution in [2.75, 3.05) is 26.1 Å². The van der Waals surface area contributed by atoms with E-state index in [1.54, 1.807) is 61.5 Å². The maximum atomic E-state index is 14.8. The van der Waals surface area contributed by atoms with Crippen LogP contribution in [0, 0.1) is 5.82 Å². The van der Waals surface area contributed by atoms with Crippen LogP contribution in [0.5, 0.6) is 11.5 Å². The van der Waals surface area contributed by atoms with Crippen LogP contribution in [-0.2, 0) is 39.9 Å². The van der Waals surface area contributed by atoms with E-state index in [9.17, 15) is 22.7 Å². The highest BCUT2D eigenvalue weighted by atomic mass is 32.2. The van der Waals surface area contributed by atoms with Gasteiger partial charge in [-0.25, -0.2) is 17.8 Å². The van der Waals surface area contributed by atoms with Crippen LogP contribution in [0.1, 0.15) is 55.9 Å². The molecule has 274 valence electrons. The van der Waals surface area contributed by atoms with Gasteiger partial charge in [-0.05, 0) is 102 Å². The fourth-order valence-corrected chi connectivity index (χ4v) is 7.23. The number of carboxylic acids is 1. The second-order valence-electron chi connectivity index (χ2n) is 13.4. The number of halogens is 1. The van der Waals surface area contributed by atoms with Crippen molar-refractivity contribution in [2.45, 2.75) is 63.6 Å². The van der Waals surface area contributed by atoms with Crippen LogP contribution in [0.15, 0.2) is 96.3 Å². The molecular formula is C39H44FN5O6S. The number of carboxylic acid groups (broad SMARTS) is 1. The van der Waals surface area contributed by atoms with E-state index in [0.717, 1.165) is 11.1 Å². The Morgan fingerprint density at radius 3 is 2.10 bits per heavy atom. The Balaban J connectivity index is 1.38. The summed E-state index contributed by atoms with van der Waals surface area (Å²) in [7, 11) is -0.864. The van der Waals surface area contributed by atoms with Crippen molar-refractivity contribution in [1.29, 1.82) is 0 Å². The van der Waals surface area contributed by atoms with Crippen LogP contribution in [0.4, 0.5) is 10.2 Å². The van der Waals surface area contributed by atoms with E-state index in [1.807, 2.05) is 52.0 Å². The highest BCUT2D eigenvalue weighted by Gasteiger charge is 2.30. The van der Waals surface area contributed by atoms with E-state index in [0.29, 0.717) is 46.1 Å². The Kier molecular flexibility index (Phi) is 11.7. The third-order valence-corrected chi connectivity index (χ3v) is 10.6. The van der Waals surface area contributed by atoms with E-state index in [2.05, 4.69) is 15.4 Å². The first-order valence-electron chi connectivity index (χ1n) is 16.8. The van der Waals surface area contributed by atoms with Gasteiger partial charge in [0.15, 0.2) is 0 Å². The fourth-order valence-electron chi connectivity index (χ4n) is 5.88. The Bertz CT molecular complexity index is 2070. The third kappa shape index (κ3) is 8.96. The van der Waals surface area contributed by atoms with Crippen molar-refractivity contribution in [3.8, 4) is 22.6 Å². The minimum atomic E-state index is -4.02. The number of hydrogen-bond acceptors (Lipinski definition) is 8. The third-order valence-electron chi connectivity index (χ3n) is 8.83. The summed E-state index contributed by atoms with van der Waals surface area (Å²) in [6.45, 7) is 8.16. The first kappa shape index (κ1) is 38.0. The summed E-state index contributed by atoms with van der Waals surface area (Å²) in [5, 5.41) is 17.4. The zero-order valence-corrected chi connectivity index (χ0v) is 30.9. The maximum Gasteiger partial charge on any atom is 0.307 e. The van der Waals surface area contributed by atoms with Crippen molar-refractivity contribution in [2.24, 2.45) is 0 Å². The molecule has 2 aromatic heterocycles. The van der Waals surface area contributed by atoms with Gasteiger partial charge < -0.3 is 19.9 Å². The number of aliphatic carboxylic acids is 1. The first-order chi connectivity index (χ1) is 24.7. The fraction of sp³-hybridized carbons (Fsp3) is 0.308. The summed E-state index contributed by atoms with van der Waals surface area (Å²) in [4.78, 5) is 16.2. The van der Waals surface area contributed by atoms with Crippen molar-refractivity contribution < 1.29 is 32.2 Å². The summed E-state index contributed by atoms with van der Waals surface area (Å²) in [5.41, 5.74) is 3.17. The van der Waals surface area contributed by atoms with Crippen molar-refractivity contribution >= 4 is 21.8 Å². The average molecular weight is 730 g/mol. The van der Waals surface area contributed by atoms with Gasteiger partial charge >= 0.3 is 5.97 Å². The van der Waals surface area contributed by atoms with Crippen LogP contribution in [-0.4, -0.2) is 59.3 Å². The molecule has 0 unspecified atom stereocenters. The number of carbonyl (C=O) groups is 1. The maximum absolute atomic E-state index is 14.8. The number of sulfonamides is 1. The van der Waals surface area contributed by atoms with Gasteiger partial charge in [0.2, 0.25) is 10.0 Å². The monoisotopic (exact) mass is 729 g/mol. The predicted octanol–water partition coefficient (Wildman–Crippen LogP) is 7.09. The molecule has 2 heterocycles. The molecule has 5 rings (SSSR count). The largest absolute Gasteiger partial charge is 0.497 e. The summed E-state index contributed by atoms with van der Waals surface area (Å²) in [6.07, 6.45) is 4.21. The second kappa shape index (κ2) is 16.0. The van der Waals surface area contributed by atoms with Crippen LogP contribution in [0.2, 0.25) is 0 Å². The van der Waals surface area contributed by atoms with Gasteiger partial charge in [0, 0.05) is 32.0 Å². The number of hydrogen-bond donors (Lipinski definition) is 2. The lowest BCUT2D eigenvalue weighted by Crippen LogP contribution is -2.35. The van der Waals surface area contributed by atoms with Gasteiger partial charge in [-0.1, -0.05) is 38.1 Å². The first-order valence-corrected chi connectivity index (χ1v) is 18.2. The lowest BCUT2D eigenvalue weighted by molar-refractivity contribution is -0.136. The number of rotatable bonds is 16. The molecule has 0 radical (unpaired) electrons. The van der Waals surface area contributed by atoms with Crippen molar-refractivity contribution in [3.63, 3.8) is 0 Å². The number of methoxy groups -OCH3 is 2. The Labute approximate surface area is 304 Å². The van der Waals surface area contributed by atoms with Crippen LogP contribution in [0.3, 0.4) is 0 Å². The van der Waals surface area contributed by atoms with Crippen LogP contribution in [0.25, 0.3) is 11.1 Å². The zero-order valence-electron chi connectivity index (χ0n) is 30.1. The molecule has 2 N–H and O–H groups in total. The van der Waals surface area contributed by atoms with Crippen LogP contribution < -0.4 is 14.8 Å². The number of aromatic nitrogens is 3. The minimum Gasteiger partial charge on any atom is -0.497 e. The van der Waals surface area contributed by atoms with E-state index in [-0.39, 0.29) is 30.3 Å². The number of nitrogens with zero attached hydrogens (tertiary/aromatic N) is 4. The van der Waals surface area contributed by atoms with Gasteiger partial charge in [-0.2, -0.15) is 9.40 Å². The van der Waals surface area contributed by atoms with Gasteiger partial charge in [-0.15, -0.1) is 0 Å². The molecule has 13 heteroatoms. The molecule has 0 amide bonds. The molecule has 52 heavy (non-hydrogen) atoms. The van der Waals surface area contributed by atoms with E-state index in [1.165, 1.54) is 28.8 Å². The van der Waals surface area contributed by atoms with Crippen molar-refractivity contribution in [1.82, 2.24) is 19.1 Å². The van der Waals surface area contributed by atoms with Gasteiger partial charge in [0.1, 0.15) is 28.0 Å². The summed E-state index contributed by atoms with van der Waals surface area (Å²) < 4.78 is 56.7. The predicted molar refractivity (Wildman–Crippen MR) is 198 cm³/mol. The Hall–Kier alpha value is -5.27. The quantitative estimate of drug-likeness (QED) is 0.109. The topological polar surface area (TPSA) is 136 Å². The highest BCUT2D eigenvalue weighted by Crippen LogP contribution is 2.33. The lowest BCUT2D eigenvalue weighted by Gasteiger charge is -2.26.